The molecule has 17 heavy (non-hydrogen) atoms. The molecule has 0 fully saturated rings. The third-order valence-corrected chi connectivity index (χ3v) is 3.75. The van der Waals surface area contributed by atoms with E-state index in [2.05, 4.69) is 21.2 Å². The predicted octanol–water partition coefficient (Wildman–Crippen LogP) is 0.544. The average molecular weight is 320 g/mol. The minimum atomic E-state index is -0.328. The number of halogens is 1. The van der Waals surface area contributed by atoms with Gasteiger partial charge in [0, 0.05) is 21.8 Å². The molecule has 0 aromatic carbocycles. The van der Waals surface area contributed by atoms with Gasteiger partial charge >= 0.3 is 0 Å². The van der Waals surface area contributed by atoms with Crippen LogP contribution in [0.5, 0.6) is 0 Å². The minimum Gasteiger partial charge on any atom is -0.346 e. The zero-order chi connectivity index (χ0) is 12.8. The number of nitrogens with two attached hydrogens (primary N) is 1. The second-order valence-electron chi connectivity index (χ2n) is 3.46. The summed E-state index contributed by atoms with van der Waals surface area (Å²) in [6.07, 6.45) is 0. The number of likely N-dealkylation sites (N-methyl/N-ethyl adjacent to an activating group) is 1. The van der Waals surface area contributed by atoms with E-state index < -0.39 is 0 Å². The van der Waals surface area contributed by atoms with Gasteiger partial charge in [-0.2, -0.15) is 0 Å². The van der Waals surface area contributed by atoms with Crippen LogP contribution in [0.4, 0.5) is 0 Å². The molecule has 7 heteroatoms. The molecule has 0 aliphatic carbocycles. The standard InChI is InChI=1S/C10H14BrN3O2S/c1-14(5-8-2-7(11)6-17-8)10(16)4-13-9(15)3-12/h2,6H,3-5,12H2,1H3,(H,13,15). The van der Waals surface area contributed by atoms with E-state index in [9.17, 15) is 9.59 Å². The number of nitrogens with zero attached hydrogens (tertiary/aromatic N) is 1. The summed E-state index contributed by atoms with van der Waals surface area (Å²) >= 11 is 4.93. The van der Waals surface area contributed by atoms with Gasteiger partial charge in [-0.05, 0) is 22.0 Å². The lowest BCUT2D eigenvalue weighted by Crippen LogP contribution is -2.39. The van der Waals surface area contributed by atoms with Crippen molar-refractivity contribution in [3.05, 3.63) is 20.8 Å². The fourth-order valence-electron chi connectivity index (χ4n) is 1.14. The summed E-state index contributed by atoms with van der Waals surface area (Å²) in [5.74, 6) is -0.470. The van der Waals surface area contributed by atoms with E-state index in [1.165, 1.54) is 0 Å². The van der Waals surface area contributed by atoms with Gasteiger partial charge in [0.2, 0.25) is 11.8 Å². The van der Waals surface area contributed by atoms with Crippen molar-refractivity contribution in [2.75, 3.05) is 20.1 Å². The predicted molar refractivity (Wildman–Crippen MR) is 70.6 cm³/mol. The van der Waals surface area contributed by atoms with Gasteiger partial charge in [-0.15, -0.1) is 11.3 Å². The lowest BCUT2D eigenvalue weighted by atomic mass is 10.4. The number of amides is 2. The summed E-state index contributed by atoms with van der Waals surface area (Å²) in [6.45, 7) is 0.418. The second-order valence-corrected chi connectivity index (χ2v) is 5.37. The van der Waals surface area contributed by atoms with Gasteiger partial charge in [-0.1, -0.05) is 0 Å². The average Bonchev–Trinajstić information content (AvgIpc) is 2.70. The molecule has 5 nitrogen and oxygen atoms in total. The fraction of sp³-hybridized carbons (Fsp3) is 0.400. The molecule has 1 aromatic rings. The molecule has 0 atom stereocenters. The Morgan fingerprint density at radius 2 is 2.29 bits per heavy atom. The Morgan fingerprint density at radius 1 is 1.59 bits per heavy atom. The molecule has 0 bridgehead atoms. The molecule has 1 aromatic heterocycles. The molecule has 1 heterocycles. The van der Waals surface area contributed by atoms with Crippen molar-refractivity contribution in [3.63, 3.8) is 0 Å². The minimum absolute atomic E-state index is 0.0148. The van der Waals surface area contributed by atoms with Gasteiger partial charge in [0.15, 0.2) is 0 Å². The maximum atomic E-state index is 11.6. The molecule has 0 saturated heterocycles. The van der Waals surface area contributed by atoms with Gasteiger partial charge in [-0.3, -0.25) is 9.59 Å². The van der Waals surface area contributed by atoms with Crippen molar-refractivity contribution in [2.45, 2.75) is 6.54 Å². The van der Waals surface area contributed by atoms with Crippen molar-refractivity contribution in [1.82, 2.24) is 10.2 Å². The van der Waals surface area contributed by atoms with Crippen molar-refractivity contribution >= 4 is 39.1 Å². The maximum Gasteiger partial charge on any atom is 0.242 e. The summed E-state index contributed by atoms with van der Waals surface area (Å²) < 4.78 is 1.01. The molecule has 0 unspecified atom stereocenters. The first-order valence-electron chi connectivity index (χ1n) is 4.96. The molecule has 0 aliphatic rings. The van der Waals surface area contributed by atoms with Gasteiger partial charge in [0.1, 0.15) is 0 Å². The molecule has 1 rings (SSSR count). The van der Waals surface area contributed by atoms with E-state index in [-0.39, 0.29) is 24.9 Å². The number of hydrogen-bond donors (Lipinski definition) is 2. The largest absolute Gasteiger partial charge is 0.346 e. The number of hydrogen-bond acceptors (Lipinski definition) is 4. The Kier molecular flexibility index (Phi) is 5.60. The SMILES string of the molecule is CN(Cc1cc(Br)cs1)C(=O)CNC(=O)CN. The Bertz CT molecular complexity index is 408. The zero-order valence-electron chi connectivity index (χ0n) is 9.40. The summed E-state index contributed by atoms with van der Waals surface area (Å²) in [6, 6.07) is 1.97. The first-order valence-corrected chi connectivity index (χ1v) is 6.64. The Balaban J connectivity index is 2.39. The lowest BCUT2D eigenvalue weighted by molar-refractivity contribution is -0.131. The van der Waals surface area contributed by atoms with Crippen LogP contribution >= 0.6 is 27.3 Å². The Hall–Kier alpha value is -0.920. The van der Waals surface area contributed by atoms with Crippen LogP contribution in [0, 0.1) is 0 Å². The molecule has 0 spiro atoms. The van der Waals surface area contributed by atoms with Crippen LogP contribution in [0.25, 0.3) is 0 Å². The number of carbonyl (C=O) groups excluding carboxylic acids is 2. The van der Waals surface area contributed by atoms with E-state index >= 15 is 0 Å². The number of carbonyl (C=O) groups is 2. The molecular formula is C10H14BrN3O2S. The summed E-state index contributed by atoms with van der Waals surface area (Å²) in [5, 5.41) is 4.41. The topological polar surface area (TPSA) is 75.4 Å². The number of nitrogens with one attached hydrogen (secondary N) is 1. The van der Waals surface area contributed by atoms with Crippen LogP contribution in [-0.4, -0.2) is 36.9 Å². The highest BCUT2D eigenvalue weighted by Crippen LogP contribution is 2.20. The van der Waals surface area contributed by atoms with Gasteiger partial charge in [0.25, 0.3) is 0 Å². The van der Waals surface area contributed by atoms with Crippen LogP contribution < -0.4 is 11.1 Å². The highest BCUT2D eigenvalue weighted by molar-refractivity contribution is 9.10. The van der Waals surface area contributed by atoms with Crippen LogP contribution in [0.15, 0.2) is 15.9 Å². The van der Waals surface area contributed by atoms with Gasteiger partial charge < -0.3 is 16.0 Å². The second kappa shape index (κ2) is 6.73. The normalized spacial score (nSPS) is 10.1. The maximum absolute atomic E-state index is 11.6. The molecular weight excluding hydrogens is 306 g/mol. The van der Waals surface area contributed by atoms with Crippen LogP contribution in [0.2, 0.25) is 0 Å². The van der Waals surface area contributed by atoms with Crippen LogP contribution in [-0.2, 0) is 16.1 Å². The Labute approximate surface area is 112 Å². The van der Waals surface area contributed by atoms with Crippen molar-refractivity contribution < 1.29 is 9.59 Å². The summed E-state index contributed by atoms with van der Waals surface area (Å²) in [4.78, 5) is 25.2. The van der Waals surface area contributed by atoms with E-state index in [0.29, 0.717) is 6.54 Å². The van der Waals surface area contributed by atoms with Gasteiger partial charge in [-0.25, -0.2) is 0 Å². The van der Waals surface area contributed by atoms with Crippen LogP contribution in [0.1, 0.15) is 4.88 Å². The summed E-state index contributed by atoms with van der Waals surface area (Å²) in [5.41, 5.74) is 5.12. The van der Waals surface area contributed by atoms with Crippen LogP contribution in [0.3, 0.4) is 0 Å². The molecule has 3 N–H and O–H groups in total. The van der Waals surface area contributed by atoms with E-state index in [1.807, 2.05) is 11.4 Å². The van der Waals surface area contributed by atoms with Gasteiger partial charge in [0.05, 0.1) is 19.6 Å². The van der Waals surface area contributed by atoms with Crippen molar-refractivity contribution in [2.24, 2.45) is 5.73 Å². The molecule has 2 amide bonds. The van der Waals surface area contributed by atoms with Crippen molar-refractivity contribution in [3.8, 4) is 0 Å². The highest BCUT2D eigenvalue weighted by atomic mass is 79.9. The van der Waals surface area contributed by atoms with E-state index in [4.69, 9.17) is 5.73 Å². The third kappa shape index (κ3) is 4.84. The fourth-order valence-corrected chi connectivity index (χ4v) is 2.64. The quantitative estimate of drug-likeness (QED) is 0.832. The van der Waals surface area contributed by atoms with E-state index in [1.54, 1.807) is 23.3 Å². The molecule has 94 valence electrons. The smallest absolute Gasteiger partial charge is 0.242 e. The first kappa shape index (κ1) is 14.1. The third-order valence-electron chi connectivity index (χ3n) is 2.06. The number of rotatable bonds is 5. The monoisotopic (exact) mass is 319 g/mol. The Morgan fingerprint density at radius 3 is 2.82 bits per heavy atom. The zero-order valence-corrected chi connectivity index (χ0v) is 11.8. The highest BCUT2D eigenvalue weighted by Gasteiger charge is 2.11. The first-order chi connectivity index (χ1) is 8.02. The lowest BCUT2D eigenvalue weighted by Gasteiger charge is -2.16. The number of thiophene rings is 1. The molecule has 0 saturated carbocycles. The summed E-state index contributed by atoms with van der Waals surface area (Å²) in [7, 11) is 1.70. The molecule has 0 radical (unpaired) electrons. The molecule has 0 aliphatic heterocycles. The van der Waals surface area contributed by atoms with E-state index in [0.717, 1.165) is 9.35 Å². The van der Waals surface area contributed by atoms with Crippen molar-refractivity contribution in [1.29, 1.82) is 0 Å².